The van der Waals surface area contributed by atoms with Crippen LogP contribution < -0.4 is 0 Å². The molecule has 0 aromatic rings. The molecule has 6 heteroatoms. The fourth-order valence-electron chi connectivity index (χ4n) is 5.64. The van der Waals surface area contributed by atoms with E-state index in [9.17, 15) is 14.7 Å². The lowest BCUT2D eigenvalue weighted by Gasteiger charge is -2.33. The Labute approximate surface area is 303 Å². The number of allylic oxidation sites excluding steroid dienone is 8. The Morgan fingerprint density at radius 2 is 0.837 bits per heavy atom. The summed E-state index contributed by atoms with van der Waals surface area (Å²) in [5, 5.41) is 9.58. The molecule has 0 rings (SSSR count). The zero-order valence-corrected chi connectivity index (χ0v) is 32.4. The Morgan fingerprint density at radius 3 is 1.20 bits per heavy atom. The van der Waals surface area contributed by atoms with Crippen molar-refractivity contribution >= 4 is 11.9 Å². The van der Waals surface area contributed by atoms with Gasteiger partial charge in [-0.05, 0) is 77.0 Å². The number of aliphatic hydroxyl groups is 1. The molecule has 0 aliphatic heterocycles. The Kier molecular flexibility index (Phi) is 35.4. The van der Waals surface area contributed by atoms with Gasteiger partial charge in [-0.1, -0.05) is 127 Å². The van der Waals surface area contributed by atoms with Crippen molar-refractivity contribution in [2.45, 2.75) is 168 Å². The standard InChI is InChI=1S/C43H78NO5/c1-4-6-8-10-12-14-16-18-20-22-24-26-28-30-32-34-42(46)48-40-37-44(3,36-39-45)38-41-49-43(47)35-33-31-29-27-25-23-21-19-17-15-13-11-9-7-5-2/h12-15,18-21,45H,4-11,16-17,22-41H2,1-3H3/q+1/b14-12-,15-13-,20-18-,21-19-. The molecular formula is C43H78NO5+. The van der Waals surface area contributed by atoms with Crippen molar-refractivity contribution in [2.75, 3.05) is 46.5 Å². The molecule has 0 bridgehead atoms. The second-order valence-electron chi connectivity index (χ2n) is 13.9. The number of carbonyl (C=O) groups is 2. The van der Waals surface area contributed by atoms with Crippen LogP contribution >= 0.6 is 0 Å². The molecule has 0 fully saturated rings. The Balaban J connectivity index is 3.80. The molecule has 0 aromatic carbocycles. The molecule has 0 saturated heterocycles. The summed E-state index contributed by atoms with van der Waals surface area (Å²) in [5.41, 5.74) is 0. The van der Waals surface area contributed by atoms with Gasteiger partial charge in [0.25, 0.3) is 0 Å². The van der Waals surface area contributed by atoms with Crippen LogP contribution in [0, 0.1) is 0 Å². The molecule has 0 aliphatic carbocycles. The van der Waals surface area contributed by atoms with Gasteiger partial charge < -0.3 is 19.1 Å². The third-order valence-electron chi connectivity index (χ3n) is 9.09. The number of rotatable bonds is 36. The minimum Gasteiger partial charge on any atom is -0.460 e. The first-order chi connectivity index (χ1) is 24.0. The summed E-state index contributed by atoms with van der Waals surface area (Å²) in [6.45, 7) is 6.87. The van der Waals surface area contributed by atoms with Crippen molar-refractivity contribution < 1.29 is 28.7 Å². The molecule has 0 radical (unpaired) electrons. The van der Waals surface area contributed by atoms with E-state index >= 15 is 0 Å². The highest BCUT2D eigenvalue weighted by Gasteiger charge is 2.22. The molecular weight excluding hydrogens is 610 g/mol. The van der Waals surface area contributed by atoms with E-state index in [1.54, 1.807) is 0 Å². The van der Waals surface area contributed by atoms with Crippen LogP contribution in [0.4, 0.5) is 0 Å². The van der Waals surface area contributed by atoms with E-state index in [1.165, 1.54) is 77.0 Å². The lowest BCUT2D eigenvalue weighted by atomic mass is 10.1. The van der Waals surface area contributed by atoms with Crippen LogP contribution in [0.25, 0.3) is 0 Å². The number of ether oxygens (including phenoxy) is 2. The van der Waals surface area contributed by atoms with Gasteiger partial charge in [0.05, 0.1) is 13.7 Å². The number of quaternary nitrogens is 1. The van der Waals surface area contributed by atoms with E-state index in [-0.39, 0.29) is 18.5 Å². The average Bonchev–Trinajstić information content (AvgIpc) is 3.08. The first-order valence-electron chi connectivity index (χ1n) is 20.3. The van der Waals surface area contributed by atoms with Crippen LogP contribution in [0.5, 0.6) is 0 Å². The lowest BCUT2D eigenvalue weighted by molar-refractivity contribution is -0.910. The predicted molar refractivity (Wildman–Crippen MR) is 209 cm³/mol. The van der Waals surface area contributed by atoms with Crippen LogP contribution in [0.2, 0.25) is 0 Å². The maximum absolute atomic E-state index is 12.2. The van der Waals surface area contributed by atoms with Gasteiger partial charge in [0.2, 0.25) is 0 Å². The zero-order chi connectivity index (χ0) is 35.9. The van der Waals surface area contributed by atoms with E-state index in [4.69, 9.17) is 9.47 Å². The largest absolute Gasteiger partial charge is 0.460 e. The highest BCUT2D eigenvalue weighted by molar-refractivity contribution is 5.69. The first-order valence-corrected chi connectivity index (χ1v) is 20.3. The van der Waals surface area contributed by atoms with Gasteiger partial charge in [-0.3, -0.25) is 9.59 Å². The number of unbranched alkanes of at least 4 members (excludes halogenated alkanes) is 16. The number of likely N-dealkylation sites (N-methyl/N-ethyl adjacent to an activating group) is 1. The normalized spacial score (nSPS) is 12.3. The van der Waals surface area contributed by atoms with Crippen LogP contribution in [-0.4, -0.2) is 68.0 Å². The van der Waals surface area contributed by atoms with E-state index in [1.807, 2.05) is 7.05 Å². The summed E-state index contributed by atoms with van der Waals surface area (Å²) < 4.78 is 11.5. The molecule has 6 nitrogen and oxygen atoms in total. The fourth-order valence-corrected chi connectivity index (χ4v) is 5.64. The van der Waals surface area contributed by atoms with Gasteiger partial charge in [-0.25, -0.2) is 0 Å². The number of carbonyl (C=O) groups excluding carboxylic acids is 2. The molecule has 0 aromatic heterocycles. The van der Waals surface area contributed by atoms with Gasteiger partial charge in [0.15, 0.2) is 0 Å². The summed E-state index contributed by atoms with van der Waals surface area (Å²) >= 11 is 0. The number of hydrogen-bond acceptors (Lipinski definition) is 5. The Morgan fingerprint density at radius 1 is 0.490 bits per heavy atom. The predicted octanol–water partition coefficient (Wildman–Crippen LogP) is 11.1. The first kappa shape index (κ1) is 46.8. The summed E-state index contributed by atoms with van der Waals surface area (Å²) in [4.78, 5) is 24.5. The second-order valence-corrected chi connectivity index (χ2v) is 13.9. The molecule has 0 spiro atoms. The SMILES string of the molecule is CCCCC/C=C\C/C=C\CCCCCCCC(=O)OCC[N+](C)(CCO)CCOC(=O)CCCCCCC/C=C\C/C=C\CCCCC. The van der Waals surface area contributed by atoms with Crippen molar-refractivity contribution in [3.63, 3.8) is 0 Å². The van der Waals surface area contributed by atoms with Gasteiger partial charge >= 0.3 is 11.9 Å². The van der Waals surface area contributed by atoms with Gasteiger partial charge in [0.1, 0.15) is 32.8 Å². The number of hydrogen-bond donors (Lipinski definition) is 1. The quantitative estimate of drug-likeness (QED) is 0.0307. The van der Waals surface area contributed by atoms with Gasteiger partial charge in [-0.2, -0.15) is 0 Å². The van der Waals surface area contributed by atoms with Crippen LogP contribution in [0.15, 0.2) is 48.6 Å². The fraction of sp³-hybridized carbons (Fsp3) is 0.767. The summed E-state index contributed by atoms with van der Waals surface area (Å²) in [6.07, 6.45) is 44.7. The van der Waals surface area contributed by atoms with E-state index < -0.39 is 0 Å². The van der Waals surface area contributed by atoms with Crippen LogP contribution in [0.3, 0.4) is 0 Å². The van der Waals surface area contributed by atoms with E-state index in [2.05, 4.69) is 62.5 Å². The molecule has 284 valence electrons. The van der Waals surface area contributed by atoms with Crippen molar-refractivity contribution in [1.29, 1.82) is 0 Å². The zero-order valence-electron chi connectivity index (χ0n) is 32.4. The third kappa shape index (κ3) is 35.4. The highest BCUT2D eigenvalue weighted by atomic mass is 16.5. The van der Waals surface area contributed by atoms with Gasteiger partial charge in [0, 0.05) is 12.8 Å². The third-order valence-corrected chi connectivity index (χ3v) is 9.09. The summed E-state index contributed by atoms with van der Waals surface area (Å²) in [7, 11) is 2.01. The highest BCUT2D eigenvalue weighted by Crippen LogP contribution is 2.11. The minimum atomic E-state index is -0.148. The van der Waals surface area contributed by atoms with Crippen molar-refractivity contribution in [3.8, 4) is 0 Å². The molecule has 0 amide bonds. The second kappa shape index (κ2) is 37.1. The molecule has 49 heavy (non-hydrogen) atoms. The van der Waals surface area contributed by atoms with Crippen LogP contribution in [0.1, 0.15) is 168 Å². The van der Waals surface area contributed by atoms with Crippen LogP contribution in [-0.2, 0) is 19.1 Å². The van der Waals surface area contributed by atoms with Crippen molar-refractivity contribution in [1.82, 2.24) is 0 Å². The molecule has 0 unspecified atom stereocenters. The topological polar surface area (TPSA) is 72.8 Å². The van der Waals surface area contributed by atoms with E-state index in [0.29, 0.717) is 50.2 Å². The number of esters is 2. The monoisotopic (exact) mass is 689 g/mol. The van der Waals surface area contributed by atoms with Crippen molar-refractivity contribution in [3.05, 3.63) is 48.6 Å². The number of aliphatic hydroxyl groups excluding tert-OH is 1. The maximum Gasteiger partial charge on any atom is 0.305 e. The average molecular weight is 689 g/mol. The minimum absolute atomic E-state index is 0.0380. The Bertz CT molecular complexity index is 798. The van der Waals surface area contributed by atoms with Gasteiger partial charge in [-0.15, -0.1) is 0 Å². The van der Waals surface area contributed by atoms with E-state index in [0.717, 1.165) is 64.2 Å². The molecule has 1 N–H and O–H groups in total. The maximum atomic E-state index is 12.2. The summed E-state index contributed by atoms with van der Waals surface area (Å²) in [6, 6.07) is 0. The number of nitrogens with zero attached hydrogens (tertiary/aromatic N) is 1. The lowest BCUT2D eigenvalue weighted by Crippen LogP contribution is -2.50. The molecule has 0 aliphatic rings. The Hall–Kier alpha value is -2.18. The molecule has 0 saturated carbocycles. The molecule has 0 heterocycles. The smallest absolute Gasteiger partial charge is 0.305 e. The van der Waals surface area contributed by atoms with Crippen molar-refractivity contribution in [2.24, 2.45) is 0 Å². The molecule has 0 atom stereocenters. The summed E-state index contributed by atoms with van der Waals surface area (Å²) in [5.74, 6) is -0.296.